The van der Waals surface area contributed by atoms with Crippen molar-refractivity contribution < 1.29 is 5.11 Å². The highest BCUT2D eigenvalue weighted by Crippen LogP contribution is 2.28. The molecule has 1 aliphatic rings. The highest BCUT2D eigenvalue weighted by Gasteiger charge is 2.18. The van der Waals surface area contributed by atoms with Crippen molar-refractivity contribution in [3.63, 3.8) is 0 Å². The van der Waals surface area contributed by atoms with E-state index in [-0.39, 0.29) is 12.5 Å². The average molecular weight is 181 g/mol. The maximum atomic E-state index is 9.21. The van der Waals surface area contributed by atoms with Gasteiger partial charge in [0.05, 0.1) is 0 Å². The molecular formula is C11H19NO. The number of hydrogen-bond acceptors (Lipinski definition) is 2. The highest BCUT2D eigenvalue weighted by atomic mass is 16.3. The van der Waals surface area contributed by atoms with Gasteiger partial charge in [-0.3, -0.25) is 0 Å². The van der Waals surface area contributed by atoms with Crippen LogP contribution in [0.3, 0.4) is 0 Å². The van der Waals surface area contributed by atoms with Crippen molar-refractivity contribution in [3.8, 4) is 0 Å². The fourth-order valence-corrected chi connectivity index (χ4v) is 1.87. The Morgan fingerprint density at radius 3 is 3.00 bits per heavy atom. The molecule has 0 saturated carbocycles. The van der Waals surface area contributed by atoms with Gasteiger partial charge >= 0.3 is 0 Å². The van der Waals surface area contributed by atoms with Gasteiger partial charge < -0.3 is 10.8 Å². The molecule has 0 spiro atoms. The van der Waals surface area contributed by atoms with E-state index >= 15 is 0 Å². The lowest BCUT2D eigenvalue weighted by Crippen LogP contribution is -2.19. The smallest absolute Gasteiger partial charge is 0.0497 e. The zero-order valence-corrected chi connectivity index (χ0v) is 8.24. The molecule has 0 aromatic heterocycles. The molecule has 0 saturated heterocycles. The van der Waals surface area contributed by atoms with Crippen molar-refractivity contribution in [1.29, 1.82) is 0 Å². The molecule has 3 N–H and O–H groups in total. The van der Waals surface area contributed by atoms with Crippen LogP contribution in [0.4, 0.5) is 0 Å². The Kier molecular flexibility index (Phi) is 4.19. The number of hydrogen-bond donors (Lipinski definition) is 2. The van der Waals surface area contributed by atoms with Gasteiger partial charge in [-0.2, -0.15) is 0 Å². The van der Waals surface area contributed by atoms with E-state index in [1.165, 1.54) is 5.57 Å². The third kappa shape index (κ3) is 2.68. The Morgan fingerprint density at radius 2 is 2.46 bits per heavy atom. The zero-order valence-electron chi connectivity index (χ0n) is 8.24. The lowest BCUT2D eigenvalue weighted by molar-refractivity contribution is 0.233. The van der Waals surface area contributed by atoms with E-state index in [2.05, 4.69) is 25.2 Å². The molecular weight excluding hydrogens is 162 g/mol. The Labute approximate surface area is 80.1 Å². The fraction of sp³-hybridized carbons (Fsp3) is 0.636. The van der Waals surface area contributed by atoms with E-state index in [0.29, 0.717) is 12.5 Å². The molecule has 0 aromatic rings. The maximum Gasteiger partial charge on any atom is 0.0497 e. The van der Waals surface area contributed by atoms with E-state index < -0.39 is 0 Å². The SMILES string of the molecule is CC1CC=CC=C1C(CO)CCN. The van der Waals surface area contributed by atoms with Crippen molar-refractivity contribution >= 4 is 0 Å². The standard InChI is InChI=1S/C11H19NO/c1-9-4-2-3-5-11(9)10(8-13)6-7-12/h2-3,5,9-10,13H,4,6-8,12H2,1H3. The number of nitrogens with two attached hydrogens (primary N) is 1. The molecule has 0 heterocycles. The largest absolute Gasteiger partial charge is 0.396 e. The second-order valence-corrected chi connectivity index (χ2v) is 3.69. The molecule has 2 heteroatoms. The average Bonchev–Trinajstić information content (AvgIpc) is 2.16. The second-order valence-electron chi connectivity index (χ2n) is 3.69. The summed E-state index contributed by atoms with van der Waals surface area (Å²) in [5.74, 6) is 0.832. The monoisotopic (exact) mass is 181 g/mol. The Morgan fingerprint density at radius 1 is 1.69 bits per heavy atom. The van der Waals surface area contributed by atoms with Gasteiger partial charge in [-0.1, -0.05) is 30.7 Å². The molecule has 0 fully saturated rings. The number of rotatable bonds is 4. The summed E-state index contributed by atoms with van der Waals surface area (Å²) in [5, 5.41) is 9.21. The van der Waals surface area contributed by atoms with E-state index in [0.717, 1.165) is 12.8 Å². The molecule has 1 aliphatic carbocycles. The van der Waals surface area contributed by atoms with Crippen LogP contribution in [0.1, 0.15) is 19.8 Å². The van der Waals surface area contributed by atoms with Crippen LogP contribution in [-0.2, 0) is 0 Å². The Hall–Kier alpha value is -0.600. The molecule has 13 heavy (non-hydrogen) atoms. The minimum absolute atomic E-state index is 0.223. The molecule has 74 valence electrons. The van der Waals surface area contributed by atoms with Crippen molar-refractivity contribution in [2.45, 2.75) is 19.8 Å². The molecule has 0 radical (unpaired) electrons. The first-order valence-electron chi connectivity index (χ1n) is 4.97. The van der Waals surface area contributed by atoms with E-state index in [1.807, 2.05) is 0 Å². The molecule has 1 rings (SSSR count). The van der Waals surface area contributed by atoms with Crippen molar-refractivity contribution in [2.75, 3.05) is 13.2 Å². The van der Waals surface area contributed by atoms with Crippen molar-refractivity contribution in [1.82, 2.24) is 0 Å². The van der Waals surface area contributed by atoms with Crippen LogP contribution in [0.15, 0.2) is 23.8 Å². The van der Waals surface area contributed by atoms with Crippen molar-refractivity contribution in [3.05, 3.63) is 23.8 Å². The van der Waals surface area contributed by atoms with Crippen LogP contribution in [0.25, 0.3) is 0 Å². The Bertz CT molecular complexity index is 208. The van der Waals surface area contributed by atoms with Gasteiger partial charge in [-0.05, 0) is 25.3 Å². The third-order valence-corrected chi connectivity index (χ3v) is 2.69. The van der Waals surface area contributed by atoms with Crippen molar-refractivity contribution in [2.24, 2.45) is 17.6 Å². The number of aliphatic hydroxyl groups is 1. The van der Waals surface area contributed by atoms with Crippen LogP contribution in [0.5, 0.6) is 0 Å². The summed E-state index contributed by atoms with van der Waals surface area (Å²) in [6.07, 6.45) is 8.36. The lowest BCUT2D eigenvalue weighted by Gasteiger charge is -2.24. The summed E-state index contributed by atoms with van der Waals surface area (Å²) in [4.78, 5) is 0. The summed E-state index contributed by atoms with van der Waals surface area (Å²) < 4.78 is 0. The normalized spacial score (nSPS) is 24.2. The van der Waals surface area contributed by atoms with E-state index in [1.54, 1.807) is 0 Å². The second kappa shape index (κ2) is 5.20. The summed E-state index contributed by atoms with van der Waals surface area (Å²) >= 11 is 0. The summed E-state index contributed by atoms with van der Waals surface area (Å²) in [7, 11) is 0. The molecule has 2 unspecified atom stereocenters. The summed E-state index contributed by atoms with van der Waals surface area (Å²) in [6, 6.07) is 0. The van der Waals surface area contributed by atoms with Gasteiger partial charge in [0.15, 0.2) is 0 Å². The number of aliphatic hydroxyl groups excluding tert-OH is 1. The van der Waals surface area contributed by atoms with Gasteiger partial charge in [0.25, 0.3) is 0 Å². The van der Waals surface area contributed by atoms with Crippen LogP contribution in [0.2, 0.25) is 0 Å². The first-order chi connectivity index (χ1) is 6.29. The fourth-order valence-electron chi connectivity index (χ4n) is 1.87. The van der Waals surface area contributed by atoms with Gasteiger partial charge in [0.1, 0.15) is 0 Å². The highest BCUT2D eigenvalue weighted by molar-refractivity contribution is 5.22. The molecule has 0 amide bonds. The van der Waals surface area contributed by atoms with Crippen LogP contribution < -0.4 is 5.73 Å². The number of allylic oxidation sites excluding steroid dienone is 3. The van der Waals surface area contributed by atoms with Gasteiger partial charge in [0, 0.05) is 12.5 Å². The van der Waals surface area contributed by atoms with E-state index in [4.69, 9.17) is 5.73 Å². The van der Waals surface area contributed by atoms with Crippen LogP contribution in [0, 0.1) is 11.8 Å². The molecule has 0 aromatic carbocycles. The van der Waals surface area contributed by atoms with Gasteiger partial charge in [-0.15, -0.1) is 0 Å². The van der Waals surface area contributed by atoms with Crippen LogP contribution >= 0.6 is 0 Å². The van der Waals surface area contributed by atoms with Gasteiger partial charge in [0.2, 0.25) is 0 Å². The predicted octanol–water partition coefficient (Wildman–Crippen LogP) is 1.47. The zero-order chi connectivity index (χ0) is 9.68. The first-order valence-corrected chi connectivity index (χ1v) is 4.97. The predicted molar refractivity (Wildman–Crippen MR) is 55.3 cm³/mol. The minimum atomic E-state index is 0.223. The molecule has 2 nitrogen and oxygen atoms in total. The minimum Gasteiger partial charge on any atom is -0.396 e. The molecule has 0 bridgehead atoms. The van der Waals surface area contributed by atoms with Gasteiger partial charge in [-0.25, -0.2) is 0 Å². The van der Waals surface area contributed by atoms with Crippen LogP contribution in [-0.4, -0.2) is 18.3 Å². The quantitative estimate of drug-likeness (QED) is 0.690. The first kappa shape index (κ1) is 10.5. The van der Waals surface area contributed by atoms with E-state index in [9.17, 15) is 5.11 Å². The molecule has 2 atom stereocenters. The third-order valence-electron chi connectivity index (χ3n) is 2.69. The topological polar surface area (TPSA) is 46.2 Å². The summed E-state index contributed by atoms with van der Waals surface area (Å²) in [6.45, 7) is 3.08. The Balaban J connectivity index is 2.65. The summed E-state index contributed by atoms with van der Waals surface area (Å²) in [5.41, 5.74) is 6.86. The molecule has 0 aliphatic heterocycles. The maximum absolute atomic E-state index is 9.21. The lowest BCUT2D eigenvalue weighted by atomic mass is 9.83.